The van der Waals surface area contributed by atoms with Crippen molar-refractivity contribution in [2.45, 2.75) is 6.92 Å². The van der Waals surface area contributed by atoms with Crippen molar-refractivity contribution in [3.05, 3.63) is 46.3 Å². The van der Waals surface area contributed by atoms with E-state index in [1.807, 2.05) is 13.0 Å². The number of non-ortho nitro benzene ring substituents is 1. The molecule has 2 aromatic rings. The molecule has 15 heavy (non-hydrogen) atoms. The molecule has 76 valence electrons. The minimum absolute atomic E-state index is 0.0908. The van der Waals surface area contributed by atoms with Gasteiger partial charge in [0.2, 0.25) is 0 Å². The normalized spacial score (nSPS) is 10.2. The second-order valence-corrected chi connectivity index (χ2v) is 3.22. The number of H-pyrrole nitrogens is 1. The maximum Gasteiger partial charge on any atom is 0.270 e. The summed E-state index contributed by atoms with van der Waals surface area (Å²) in [4.78, 5) is 10.2. The minimum atomic E-state index is -0.404. The monoisotopic (exact) mass is 203 g/mol. The number of nitrogens with one attached hydrogen (secondary N) is 1. The van der Waals surface area contributed by atoms with Crippen molar-refractivity contribution in [3.63, 3.8) is 0 Å². The highest BCUT2D eigenvalue weighted by Gasteiger charge is 2.09. The molecule has 0 aliphatic carbocycles. The Labute approximate surface area is 85.9 Å². The molecule has 0 saturated heterocycles. The van der Waals surface area contributed by atoms with E-state index in [4.69, 9.17) is 0 Å². The van der Waals surface area contributed by atoms with Crippen molar-refractivity contribution in [1.82, 2.24) is 10.2 Å². The Morgan fingerprint density at radius 3 is 2.87 bits per heavy atom. The van der Waals surface area contributed by atoms with Crippen LogP contribution >= 0.6 is 0 Å². The van der Waals surface area contributed by atoms with Gasteiger partial charge in [-0.1, -0.05) is 12.1 Å². The number of hydrogen-bond acceptors (Lipinski definition) is 3. The number of benzene rings is 1. The van der Waals surface area contributed by atoms with Crippen molar-refractivity contribution in [1.29, 1.82) is 0 Å². The summed E-state index contributed by atoms with van der Waals surface area (Å²) in [5, 5.41) is 17.3. The fourth-order valence-electron chi connectivity index (χ4n) is 1.43. The van der Waals surface area contributed by atoms with E-state index in [1.165, 1.54) is 12.1 Å². The van der Waals surface area contributed by atoms with Crippen LogP contribution in [0.4, 0.5) is 5.69 Å². The van der Waals surface area contributed by atoms with Gasteiger partial charge in [0.05, 0.1) is 11.1 Å². The number of nitro benzene ring substituents is 1. The third-order valence-corrected chi connectivity index (χ3v) is 2.20. The Balaban J connectivity index is 2.50. The van der Waals surface area contributed by atoms with Crippen LogP contribution in [-0.4, -0.2) is 15.1 Å². The number of aromatic nitrogens is 2. The van der Waals surface area contributed by atoms with E-state index < -0.39 is 4.92 Å². The van der Waals surface area contributed by atoms with E-state index in [0.29, 0.717) is 0 Å². The van der Waals surface area contributed by atoms with Gasteiger partial charge in [-0.25, -0.2) is 0 Å². The number of aromatic amines is 1. The minimum Gasteiger partial charge on any atom is -0.282 e. The van der Waals surface area contributed by atoms with Crippen LogP contribution in [0.2, 0.25) is 0 Å². The largest absolute Gasteiger partial charge is 0.282 e. The Morgan fingerprint density at radius 1 is 1.47 bits per heavy atom. The average molecular weight is 203 g/mol. The van der Waals surface area contributed by atoms with Gasteiger partial charge in [0.1, 0.15) is 0 Å². The van der Waals surface area contributed by atoms with Gasteiger partial charge >= 0.3 is 0 Å². The summed E-state index contributed by atoms with van der Waals surface area (Å²) in [5.41, 5.74) is 2.68. The van der Waals surface area contributed by atoms with Crippen LogP contribution < -0.4 is 0 Å². The van der Waals surface area contributed by atoms with Crippen LogP contribution in [0.5, 0.6) is 0 Å². The first-order valence-corrected chi connectivity index (χ1v) is 4.43. The highest BCUT2D eigenvalue weighted by molar-refractivity contribution is 5.67. The third kappa shape index (κ3) is 1.71. The summed E-state index contributed by atoms with van der Waals surface area (Å²) in [5.74, 6) is 0. The quantitative estimate of drug-likeness (QED) is 0.601. The molecule has 0 radical (unpaired) electrons. The molecular weight excluding hydrogens is 194 g/mol. The molecule has 0 saturated carbocycles. The first kappa shape index (κ1) is 9.39. The van der Waals surface area contributed by atoms with E-state index in [2.05, 4.69) is 10.2 Å². The molecule has 1 aromatic heterocycles. The van der Waals surface area contributed by atoms with Gasteiger partial charge in [0, 0.05) is 23.4 Å². The molecule has 0 aliphatic rings. The van der Waals surface area contributed by atoms with Crippen LogP contribution in [-0.2, 0) is 0 Å². The smallest absolute Gasteiger partial charge is 0.270 e. The zero-order valence-corrected chi connectivity index (χ0v) is 8.10. The van der Waals surface area contributed by atoms with Crippen LogP contribution in [0.1, 0.15) is 5.69 Å². The van der Waals surface area contributed by atoms with Crippen molar-refractivity contribution in [3.8, 4) is 11.1 Å². The van der Waals surface area contributed by atoms with Crippen LogP contribution in [0.25, 0.3) is 11.1 Å². The number of nitrogens with zero attached hydrogens (tertiary/aromatic N) is 2. The number of aryl methyl sites for hydroxylation is 1. The van der Waals surface area contributed by atoms with Crippen LogP contribution in [0.15, 0.2) is 30.5 Å². The van der Waals surface area contributed by atoms with Crippen molar-refractivity contribution < 1.29 is 4.92 Å². The van der Waals surface area contributed by atoms with Gasteiger partial charge in [-0.2, -0.15) is 5.10 Å². The number of rotatable bonds is 2. The van der Waals surface area contributed by atoms with Gasteiger partial charge < -0.3 is 0 Å². The predicted molar refractivity (Wildman–Crippen MR) is 55.4 cm³/mol. The summed E-state index contributed by atoms with van der Waals surface area (Å²) in [6.07, 6.45) is 1.66. The summed E-state index contributed by atoms with van der Waals surface area (Å²) in [6.45, 7) is 1.88. The fraction of sp³-hybridized carbons (Fsp3) is 0.100. The molecule has 0 unspecified atom stereocenters. The summed E-state index contributed by atoms with van der Waals surface area (Å²) < 4.78 is 0. The first-order chi connectivity index (χ1) is 7.18. The van der Waals surface area contributed by atoms with E-state index in [9.17, 15) is 10.1 Å². The summed E-state index contributed by atoms with van der Waals surface area (Å²) >= 11 is 0. The maximum absolute atomic E-state index is 10.6. The number of nitro groups is 1. The van der Waals surface area contributed by atoms with E-state index in [1.54, 1.807) is 12.3 Å². The lowest BCUT2D eigenvalue weighted by atomic mass is 10.1. The predicted octanol–water partition coefficient (Wildman–Crippen LogP) is 2.29. The molecule has 1 aromatic carbocycles. The Hall–Kier alpha value is -2.17. The van der Waals surface area contributed by atoms with Gasteiger partial charge in [0.25, 0.3) is 5.69 Å². The average Bonchev–Trinajstić information content (AvgIpc) is 2.64. The fourth-order valence-corrected chi connectivity index (χ4v) is 1.43. The molecule has 5 heteroatoms. The molecular formula is C10H9N3O2. The van der Waals surface area contributed by atoms with Crippen LogP contribution in [0, 0.1) is 17.0 Å². The standard InChI is InChI=1S/C10H9N3O2/c1-7-10(6-11-12-7)8-3-2-4-9(5-8)13(14)15/h2-6H,1H3,(H,11,12). The molecule has 0 spiro atoms. The van der Waals surface area contributed by atoms with Crippen LogP contribution in [0.3, 0.4) is 0 Å². The lowest BCUT2D eigenvalue weighted by molar-refractivity contribution is -0.384. The Bertz CT molecular complexity index is 505. The molecule has 1 N–H and O–H groups in total. The summed E-state index contributed by atoms with van der Waals surface area (Å²) in [6, 6.07) is 6.50. The maximum atomic E-state index is 10.6. The molecule has 0 bridgehead atoms. The zero-order valence-electron chi connectivity index (χ0n) is 8.10. The van der Waals surface area contributed by atoms with Gasteiger partial charge in [-0.3, -0.25) is 15.2 Å². The third-order valence-electron chi connectivity index (χ3n) is 2.20. The van der Waals surface area contributed by atoms with Gasteiger partial charge in [-0.15, -0.1) is 0 Å². The van der Waals surface area contributed by atoms with E-state index in [0.717, 1.165) is 16.8 Å². The second-order valence-electron chi connectivity index (χ2n) is 3.22. The Kier molecular flexibility index (Phi) is 2.21. The van der Waals surface area contributed by atoms with E-state index in [-0.39, 0.29) is 5.69 Å². The summed E-state index contributed by atoms with van der Waals surface area (Å²) in [7, 11) is 0. The lowest BCUT2D eigenvalue weighted by Crippen LogP contribution is -1.88. The highest BCUT2D eigenvalue weighted by Crippen LogP contribution is 2.24. The molecule has 0 atom stereocenters. The molecule has 2 rings (SSSR count). The Morgan fingerprint density at radius 2 is 2.27 bits per heavy atom. The van der Waals surface area contributed by atoms with Crippen molar-refractivity contribution in [2.75, 3.05) is 0 Å². The molecule has 0 aliphatic heterocycles. The van der Waals surface area contributed by atoms with Gasteiger partial charge in [-0.05, 0) is 12.5 Å². The highest BCUT2D eigenvalue weighted by atomic mass is 16.6. The molecule has 5 nitrogen and oxygen atoms in total. The zero-order chi connectivity index (χ0) is 10.8. The SMILES string of the molecule is Cc1[nH]ncc1-c1cccc([N+](=O)[O-])c1. The van der Waals surface area contributed by atoms with Gasteiger partial charge in [0.15, 0.2) is 0 Å². The molecule has 1 heterocycles. The first-order valence-electron chi connectivity index (χ1n) is 4.43. The van der Waals surface area contributed by atoms with Crippen molar-refractivity contribution in [2.24, 2.45) is 0 Å². The molecule has 0 fully saturated rings. The van der Waals surface area contributed by atoms with Crippen molar-refractivity contribution >= 4 is 5.69 Å². The lowest BCUT2D eigenvalue weighted by Gasteiger charge is -1.98. The second kappa shape index (κ2) is 3.53. The number of hydrogen-bond donors (Lipinski definition) is 1. The topological polar surface area (TPSA) is 71.8 Å². The molecule has 0 amide bonds. The van der Waals surface area contributed by atoms with E-state index >= 15 is 0 Å².